The molecule has 162 valence electrons. The largest absolute Gasteiger partial charge is 0.495 e. The van der Waals surface area contributed by atoms with Crippen LogP contribution in [0.2, 0.25) is 0 Å². The normalized spacial score (nSPS) is 10.2. The Morgan fingerprint density at radius 1 is 0.774 bits per heavy atom. The number of carbonyl (C=O) groups is 2. The SMILES string of the molecule is COc1ccc(NC(=O)c2ccco2)cc1NC(=O)c1cc(OC)c(OC)c(OC)c1. The summed E-state index contributed by atoms with van der Waals surface area (Å²) in [6.45, 7) is 0. The van der Waals surface area contributed by atoms with Gasteiger partial charge in [0.1, 0.15) is 5.75 Å². The van der Waals surface area contributed by atoms with Crippen LogP contribution >= 0.6 is 0 Å². The third kappa shape index (κ3) is 4.72. The summed E-state index contributed by atoms with van der Waals surface area (Å²) < 4.78 is 26.3. The lowest BCUT2D eigenvalue weighted by Gasteiger charge is -2.15. The molecule has 9 heteroatoms. The average molecular weight is 426 g/mol. The molecule has 0 aliphatic heterocycles. The summed E-state index contributed by atoms with van der Waals surface area (Å²) in [7, 11) is 5.89. The number of benzene rings is 2. The van der Waals surface area contributed by atoms with Crippen molar-refractivity contribution in [1.29, 1.82) is 0 Å². The van der Waals surface area contributed by atoms with Crippen LogP contribution in [0, 0.1) is 0 Å². The van der Waals surface area contributed by atoms with Crippen molar-refractivity contribution in [2.75, 3.05) is 39.1 Å². The molecule has 1 aromatic heterocycles. The number of anilines is 2. The van der Waals surface area contributed by atoms with Gasteiger partial charge >= 0.3 is 0 Å². The van der Waals surface area contributed by atoms with E-state index in [-0.39, 0.29) is 11.3 Å². The molecule has 9 nitrogen and oxygen atoms in total. The van der Waals surface area contributed by atoms with Crippen molar-refractivity contribution in [3.63, 3.8) is 0 Å². The highest BCUT2D eigenvalue weighted by atomic mass is 16.5. The van der Waals surface area contributed by atoms with E-state index in [2.05, 4.69) is 10.6 Å². The molecule has 0 unspecified atom stereocenters. The first-order valence-electron chi connectivity index (χ1n) is 9.15. The maximum Gasteiger partial charge on any atom is 0.291 e. The lowest BCUT2D eigenvalue weighted by Crippen LogP contribution is -2.15. The highest BCUT2D eigenvalue weighted by Crippen LogP contribution is 2.38. The summed E-state index contributed by atoms with van der Waals surface area (Å²) in [6, 6.07) is 11.1. The fourth-order valence-corrected chi connectivity index (χ4v) is 2.89. The minimum atomic E-state index is -0.438. The lowest BCUT2D eigenvalue weighted by atomic mass is 10.1. The summed E-state index contributed by atoms with van der Waals surface area (Å²) in [4.78, 5) is 25.1. The van der Waals surface area contributed by atoms with E-state index in [0.29, 0.717) is 34.4 Å². The number of hydrogen-bond donors (Lipinski definition) is 2. The highest BCUT2D eigenvalue weighted by molar-refractivity contribution is 6.07. The molecule has 1 heterocycles. The number of furan rings is 1. The number of nitrogens with one attached hydrogen (secondary N) is 2. The lowest BCUT2D eigenvalue weighted by molar-refractivity contribution is 0.0995. The minimum absolute atomic E-state index is 0.166. The van der Waals surface area contributed by atoms with Crippen LogP contribution in [0.5, 0.6) is 23.0 Å². The molecule has 0 bridgehead atoms. The first-order valence-corrected chi connectivity index (χ1v) is 9.15. The smallest absolute Gasteiger partial charge is 0.291 e. The molecular formula is C22H22N2O7. The van der Waals surface area contributed by atoms with Gasteiger partial charge in [0, 0.05) is 11.3 Å². The van der Waals surface area contributed by atoms with E-state index in [0.717, 1.165) is 0 Å². The van der Waals surface area contributed by atoms with Crippen molar-refractivity contribution >= 4 is 23.2 Å². The van der Waals surface area contributed by atoms with E-state index >= 15 is 0 Å². The van der Waals surface area contributed by atoms with Gasteiger partial charge in [0.25, 0.3) is 11.8 Å². The number of methoxy groups -OCH3 is 4. The number of rotatable bonds is 8. The van der Waals surface area contributed by atoms with Gasteiger partial charge in [0.15, 0.2) is 17.3 Å². The summed E-state index contributed by atoms with van der Waals surface area (Å²) in [5.41, 5.74) is 1.09. The second-order valence-corrected chi connectivity index (χ2v) is 6.21. The summed E-state index contributed by atoms with van der Waals surface area (Å²) in [5, 5.41) is 5.48. The van der Waals surface area contributed by atoms with Crippen molar-refractivity contribution in [3.8, 4) is 23.0 Å². The van der Waals surface area contributed by atoms with Gasteiger partial charge in [-0.1, -0.05) is 0 Å². The van der Waals surface area contributed by atoms with Crippen molar-refractivity contribution in [2.45, 2.75) is 0 Å². The van der Waals surface area contributed by atoms with Gasteiger partial charge in [-0.2, -0.15) is 0 Å². The topological polar surface area (TPSA) is 108 Å². The fraction of sp³-hybridized carbons (Fsp3) is 0.182. The molecule has 0 radical (unpaired) electrons. The Morgan fingerprint density at radius 2 is 1.45 bits per heavy atom. The molecule has 0 atom stereocenters. The molecule has 2 aromatic carbocycles. The Morgan fingerprint density at radius 3 is 2.00 bits per heavy atom. The zero-order chi connectivity index (χ0) is 22.4. The molecule has 2 N–H and O–H groups in total. The van der Waals surface area contributed by atoms with Crippen molar-refractivity contribution in [3.05, 3.63) is 60.1 Å². The zero-order valence-corrected chi connectivity index (χ0v) is 17.5. The number of ether oxygens (including phenoxy) is 4. The molecule has 0 saturated heterocycles. The van der Waals surface area contributed by atoms with Crippen molar-refractivity contribution in [1.82, 2.24) is 0 Å². The van der Waals surface area contributed by atoms with E-state index in [1.807, 2.05) is 0 Å². The van der Waals surface area contributed by atoms with Crippen LogP contribution < -0.4 is 29.6 Å². The molecule has 0 aliphatic rings. The Balaban J connectivity index is 1.87. The highest BCUT2D eigenvalue weighted by Gasteiger charge is 2.19. The van der Waals surface area contributed by atoms with Crippen LogP contribution in [0.3, 0.4) is 0 Å². The Bertz CT molecular complexity index is 1050. The summed E-state index contributed by atoms with van der Waals surface area (Å²) >= 11 is 0. The van der Waals surface area contributed by atoms with Crippen LogP contribution in [-0.4, -0.2) is 40.3 Å². The molecule has 0 fully saturated rings. The fourth-order valence-electron chi connectivity index (χ4n) is 2.89. The minimum Gasteiger partial charge on any atom is -0.495 e. The number of carbonyl (C=O) groups excluding carboxylic acids is 2. The average Bonchev–Trinajstić information content (AvgIpc) is 3.33. The maximum absolute atomic E-state index is 12.9. The molecule has 0 spiro atoms. The Kier molecular flexibility index (Phi) is 6.66. The molecule has 3 aromatic rings. The van der Waals surface area contributed by atoms with E-state index in [1.54, 1.807) is 30.3 Å². The predicted octanol–water partition coefficient (Wildman–Crippen LogP) is 3.82. The standard InChI is InChI=1S/C22H22N2O7/c1-27-16-8-7-14(23-22(26)17-6-5-9-31-17)12-15(16)24-21(25)13-10-18(28-2)20(30-4)19(11-13)29-3/h5-12H,1-4H3,(H,23,26)(H,24,25). The first-order chi connectivity index (χ1) is 15.0. The molecule has 2 amide bonds. The predicted molar refractivity (Wildman–Crippen MR) is 114 cm³/mol. The number of hydrogen-bond acceptors (Lipinski definition) is 7. The van der Waals surface area contributed by atoms with Crippen molar-refractivity contribution in [2.24, 2.45) is 0 Å². The van der Waals surface area contributed by atoms with E-state index in [4.69, 9.17) is 23.4 Å². The molecule has 0 aliphatic carbocycles. The van der Waals surface area contributed by atoms with Gasteiger partial charge in [-0.15, -0.1) is 0 Å². The van der Waals surface area contributed by atoms with Gasteiger partial charge in [-0.3, -0.25) is 9.59 Å². The third-order valence-corrected chi connectivity index (χ3v) is 4.38. The second-order valence-electron chi connectivity index (χ2n) is 6.21. The van der Waals surface area contributed by atoms with Crippen LogP contribution in [-0.2, 0) is 0 Å². The van der Waals surface area contributed by atoms with Crippen LogP contribution in [0.25, 0.3) is 0 Å². The molecule has 0 saturated carbocycles. The molecule has 31 heavy (non-hydrogen) atoms. The summed E-state index contributed by atoms with van der Waals surface area (Å²) in [6.07, 6.45) is 1.41. The summed E-state index contributed by atoms with van der Waals surface area (Å²) in [5.74, 6) is 0.790. The Labute approximate surface area is 178 Å². The van der Waals surface area contributed by atoms with E-state index < -0.39 is 11.8 Å². The molecule has 3 rings (SSSR count). The third-order valence-electron chi connectivity index (χ3n) is 4.38. The Hall–Kier alpha value is -4.14. The van der Waals surface area contributed by atoms with Crippen LogP contribution in [0.15, 0.2) is 53.1 Å². The van der Waals surface area contributed by atoms with Gasteiger partial charge in [-0.05, 0) is 42.5 Å². The first kappa shape index (κ1) is 21.6. The van der Waals surface area contributed by atoms with Crippen molar-refractivity contribution < 1.29 is 33.0 Å². The van der Waals surface area contributed by atoms with Crippen LogP contribution in [0.4, 0.5) is 11.4 Å². The molecular weight excluding hydrogens is 404 g/mol. The maximum atomic E-state index is 12.9. The number of amides is 2. The van der Waals surface area contributed by atoms with E-state index in [9.17, 15) is 9.59 Å². The zero-order valence-electron chi connectivity index (χ0n) is 17.5. The second kappa shape index (κ2) is 9.57. The van der Waals surface area contributed by atoms with Gasteiger partial charge < -0.3 is 34.0 Å². The van der Waals surface area contributed by atoms with Gasteiger partial charge in [0.05, 0.1) is 40.4 Å². The van der Waals surface area contributed by atoms with E-state index in [1.165, 1.54) is 46.8 Å². The van der Waals surface area contributed by atoms with Gasteiger partial charge in [0.2, 0.25) is 5.75 Å². The monoisotopic (exact) mass is 426 g/mol. The van der Waals surface area contributed by atoms with Crippen LogP contribution in [0.1, 0.15) is 20.9 Å². The van der Waals surface area contributed by atoms with Gasteiger partial charge in [-0.25, -0.2) is 0 Å². The quantitative estimate of drug-likeness (QED) is 0.564.